The number of nitrogens with two attached hydrogens (primary N) is 1. The van der Waals surface area contributed by atoms with Gasteiger partial charge in [0.1, 0.15) is 0 Å². The monoisotopic (exact) mass is 182 g/mol. The van der Waals surface area contributed by atoms with E-state index in [9.17, 15) is 4.79 Å². The molecule has 1 aliphatic carbocycles. The van der Waals surface area contributed by atoms with E-state index in [1.165, 1.54) is 0 Å². The summed E-state index contributed by atoms with van der Waals surface area (Å²) < 4.78 is 0. The van der Waals surface area contributed by atoms with Gasteiger partial charge in [-0.05, 0) is 25.8 Å². The Kier molecular flexibility index (Phi) is 3.96. The van der Waals surface area contributed by atoms with Crippen molar-refractivity contribution in [3.8, 4) is 0 Å². The largest absolute Gasteiger partial charge is 0.336 e. The van der Waals surface area contributed by atoms with Gasteiger partial charge in [0.25, 0.3) is 0 Å². The Morgan fingerprint density at radius 1 is 1.62 bits per heavy atom. The third-order valence-corrected chi connectivity index (χ3v) is 2.23. The van der Waals surface area contributed by atoms with Gasteiger partial charge in [0.05, 0.1) is 0 Å². The number of carbonyl (C=O) groups is 1. The Labute approximate surface area is 79.6 Å². The molecule has 0 aromatic rings. The summed E-state index contributed by atoms with van der Waals surface area (Å²) in [5.41, 5.74) is 5.35. The van der Waals surface area contributed by atoms with Crippen LogP contribution in [0, 0.1) is 0 Å². The van der Waals surface area contributed by atoms with E-state index in [-0.39, 0.29) is 5.91 Å². The number of amides is 1. The summed E-state index contributed by atoms with van der Waals surface area (Å²) in [6.45, 7) is 4.94. The lowest BCUT2D eigenvalue weighted by Gasteiger charge is -2.20. The first-order chi connectivity index (χ1) is 6.29. The lowest BCUT2D eigenvalue weighted by molar-refractivity contribution is -0.131. The quantitative estimate of drug-likeness (QED) is 0.620. The van der Waals surface area contributed by atoms with Gasteiger partial charge in [-0.1, -0.05) is 6.08 Å². The van der Waals surface area contributed by atoms with Crippen molar-refractivity contribution in [2.75, 3.05) is 13.1 Å². The van der Waals surface area contributed by atoms with E-state index in [0.29, 0.717) is 25.6 Å². The van der Waals surface area contributed by atoms with Gasteiger partial charge < -0.3 is 10.6 Å². The third-order valence-electron chi connectivity index (χ3n) is 2.23. The molecule has 0 aromatic heterocycles. The van der Waals surface area contributed by atoms with Gasteiger partial charge in [-0.2, -0.15) is 0 Å². The second-order valence-corrected chi connectivity index (χ2v) is 3.46. The molecule has 0 unspecified atom stereocenters. The molecule has 1 saturated carbocycles. The van der Waals surface area contributed by atoms with Crippen molar-refractivity contribution in [1.29, 1.82) is 0 Å². The minimum atomic E-state index is 0.229. The number of hydrogen-bond donors (Lipinski definition) is 1. The highest BCUT2D eigenvalue weighted by Gasteiger charge is 2.30. The highest BCUT2D eigenvalue weighted by molar-refractivity contribution is 5.77. The molecular formula is C10H18N2O. The fourth-order valence-electron chi connectivity index (χ4n) is 1.38. The van der Waals surface area contributed by atoms with Crippen molar-refractivity contribution in [1.82, 2.24) is 4.90 Å². The number of carbonyl (C=O) groups excluding carboxylic acids is 1. The molecule has 1 amide bonds. The van der Waals surface area contributed by atoms with E-state index in [1.807, 2.05) is 4.90 Å². The Morgan fingerprint density at radius 3 is 2.77 bits per heavy atom. The van der Waals surface area contributed by atoms with E-state index in [1.54, 1.807) is 6.08 Å². The van der Waals surface area contributed by atoms with Crippen LogP contribution in [0.5, 0.6) is 0 Å². The van der Waals surface area contributed by atoms with Gasteiger partial charge in [0.2, 0.25) is 5.91 Å². The highest BCUT2D eigenvalue weighted by Crippen LogP contribution is 2.27. The van der Waals surface area contributed by atoms with Crippen LogP contribution < -0.4 is 5.73 Å². The van der Waals surface area contributed by atoms with Gasteiger partial charge in [0.15, 0.2) is 0 Å². The van der Waals surface area contributed by atoms with Crippen LogP contribution in [0.1, 0.15) is 25.7 Å². The van der Waals surface area contributed by atoms with E-state index in [2.05, 4.69) is 6.58 Å². The molecule has 0 aliphatic heterocycles. The molecule has 0 saturated heterocycles. The van der Waals surface area contributed by atoms with Crippen molar-refractivity contribution in [3.63, 3.8) is 0 Å². The minimum absolute atomic E-state index is 0.229. The topological polar surface area (TPSA) is 46.3 Å². The van der Waals surface area contributed by atoms with Crippen LogP contribution in [0.4, 0.5) is 0 Å². The fourth-order valence-corrected chi connectivity index (χ4v) is 1.38. The standard InChI is InChI=1S/C10H18N2O/c1-2-8-12(9-5-6-9)10(13)4-3-7-11/h2,9H,1,3-8,11H2. The SMILES string of the molecule is C=CCN(C(=O)CCCN)C1CC1. The van der Waals surface area contributed by atoms with Crippen LogP contribution in [-0.4, -0.2) is 29.9 Å². The van der Waals surface area contributed by atoms with E-state index < -0.39 is 0 Å². The lowest BCUT2D eigenvalue weighted by Crippen LogP contribution is -2.33. The molecule has 0 radical (unpaired) electrons. The summed E-state index contributed by atoms with van der Waals surface area (Å²) in [6, 6.07) is 0.489. The molecular weight excluding hydrogens is 164 g/mol. The molecule has 3 nitrogen and oxygen atoms in total. The first-order valence-electron chi connectivity index (χ1n) is 4.90. The smallest absolute Gasteiger partial charge is 0.223 e. The molecule has 0 heterocycles. The first kappa shape index (κ1) is 10.3. The van der Waals surface area contributed by atoms with Gasteiger partial charge >= 0.3 is 0 Å². The summed E-state index contributed by atoms with van der Waals surface area (Å²) in [7, 11) is 0. The highest BCUT2D eigenvalue weighted by atomic mass is 16.2. The number of rotatable bonds is 6. The predicted molar refractivity (Wildman–Crippen MR) is 53.2 cm³/mol. The zero-order valence-electron chi connectivity index (χ0n) is 8.04. The van der Waals surface area contributed by atoms with E-state index in [0.717, 1.165) is 19.3 Å². The average molecular weight is 182 g/mol. The maximum absolute atomic E-state index is 11.6. The molecule has 13 heavy (non-hydrogen) atoms. The molecule has 1 rings (SSSR count). The molecule has 2 N–H and O–H groups in total. The third kappa shape index (κ3) is 3.19. The number of hydrogen-bond acceptors (Lipinski definition) is 2. The summed E-state index contributed by atoms with van der Waals surface area (Å²) in [5, 5.41) is 0. The van der Waals surface area contributed by atoms with Gasteiger partial charge in [0, 0.05) is 19.0 Å². The van der Waals surface area contributed by atoms with Crippen LogP contribution in [0.2, 0.25) is 0 Å². The second kappa shape index (κ2) is 5.02. The first-order valence-corrected chi connectivity index (χ1v) is 4.90. The predicted octanol–water partition coefficient (Wildman–Crippen LogP) is 0.902. The zero-order chi connectivity index (χ0) is 9.68. The van der Waals surface area contributed by atoms with E-state index in [4.69, 9.17) is 5.73 Å². The molecule has 0 atom stereocenters. The van der Waals surface area contributed by atoms with Crippen molar-refractivity contribution >= 4 is 5.91 Å². The van der Waals surface area contributed by atoms with Gasteiger partial charge in [-0.3, -0.25) is 4.79 Å². The van der Waals surface area contributed by atoms with Crippen LogP contribution in [0.3, 0.4) is 0 Å². The fraction of sp³-hybridized carbons (Fsp3) is 0.700. The molecule has 0 bridgehead atoms. The maximum atomic E-state index is 11.6. The average Bonchev–Trinajstić information content (AvgIpc) is 2.93. The van der Waals surface area contributed by atoms with Crippen molar-refractivity contribution in [2.45, 2.75) is 31.7 Å². The van der Waals surface area contributed by atoms with Crippen LogP contribution in [0.25, 0.3) is 0 Å². The summed E-state index contributed by atoms with van der Waals surface area (Å²) in [6.07, 6.45) is 5.48. The molecule has 0 spiro atoms. The Hall–Kier alpha value is -0.830. The normalized spacial score (nSPS) is 15.5. The molecule has 74 valence electrons. The summed E-state index contributed by atoms with van der Waals surface area (Å²) in [4.78, 5) is 13.5. The molecule has 0 aromatic carbocycles. The Bertz CT molecular complexity index is 187. The molecule has 1 aliphatic rings. The number of nitrogens with zero attached hydrogens (tertiary/aromatic N) is 1. The maximum Gasteiger partial charge on any atom is 0.223 e. The van der Waals surface area contributed by atoms with Gasteiger partial charge in [-0.25, -0.2) is 0 Å². The zero-order valence-corrected chi connectivity index (χ0v) is 8.04. The Morgan fingerprint density at radius 2 is 2.31 bits per heavy atom. The van der Waals surface area contributed by atoms with Crippen molar-refractivity contribution < 1.29 is 4.79 Å². The summed E-state index contributed by atoms with van der Waals surface area (Å²) in [5.74, 6) is 0.229. The second-order valence-electron chi connectivity index (χ2n) is 3.46. The van der Waals surface area contributed by atoms with Crippen molar-refractivity contribution in [3.05, 3.63) is 12.7 Å². The molecule has 3 heteroatoms. The van der Waals surface area contributed by atoms with Crippen LogP contribution >= 0.6 is 0 Å². The Balaban J connectivity index is 2.33. The summed E-state index contributed by atoms with van der Waals surface area (Å²) >= 11 is 0. The lowest BCUT2D eigenvalue weighted by atomic mass is 10.2. The van der Waals surface area contributed by atoms with Crippen LogP contribution in [0.15, 0.2) is 12.7 Å². The van der Waals surface area contributed by atoms with Crippen molar-refractivity contribution in [2.24, 2.45) is 5.73 Å². The minimum Gasteiger partial charge on any atom is -0.336 e. The van der Waals surface area contributed by atoms with E-state index >= 15 is 0 Å². The van der Waals surface area contributed by atoms with Crippen LogP contribution in [-0.2, 0) is 4.79 Å². The van der Waals surface area contributed by atoms with Gasteiger partial charge in [-0.15, -0.1) is 6.58 Å². The molecule has 1 fully saturated rings.